The van der Waals surface area contributed by atoms with Crippen LogP contribution in [0.4, 0.5) is 0 Å². The Kier molecular flexibility index (Phi) is 2.67. The maximum absolute atomic E-state index is 5.70. The molecular weight excluding hydrogens is 250 g/mol. The quantitative estimate of drug-likeness (QED) is 0.711. The third kappa shape index (κ3) is 1.94. The number of ether oxygens (including phenoxy) is 1. The lowest BCUT2D eigenvalue weighted by Crippen LogP contribution is -2.16. The second-order valence-corrected chi connectivity index (χ2v) is 4.97. The molecule has 0 fully saturated rings. The molecule has 4 heteroatoms. The molecule has 1 aliphatic heterocycles. The first kappa shape index (κ1) is 11.5. The molecule has 0 amide bonds. The van der Waals surface area contributed by atoms with Crippen molar-refractivity contribution < 1.29 is 4.74 Å². The SMILES string of the molecule is c1cc2cc(-c3ccc4c(n3)OCCNC4)ccc2[nH]1. The molecule has 0 aliphatic carbocycles. The van der Waals surface area contributed by atoms with Gasteiger partial charge in [-0.3, -0.25) is 0 Å². The number of hydrogen-bond acceptors (Lipinski definition) is 3. The number of benzene rings is 1. The molecule has 4 nitrogen and oxygen atoms in total. The Hall–Kier alpha value is -2.33. The summed E-state index contributed by atoms with van der Waals surface area (Å²) >= 11 is 0. The van der Waals surface area contributed by atoms with Gasteiger partial charge in [-0.25, -0.2) is 4.98 Å². The number of nitrogens with one attached hydrogen (secondary N) is 2. The lowest BCUT2D eigenvalue weighted by molar-refractivity contribution is 0.314. The van der Waals surface area contributed by atoms with Crippen molar-refractivity contribution in [3.8, 4) is 17.1 Å². The minimum atomic E-state index is 0.667. The zero-order chi connectivity index (χ0) is 13.4. The van der Waals surface area contributed by atoms with Crippen LogP contribution in [0.5, 0.6) is 5.88 Å². The van der Waals surface area contributed by atoms with Gasteiger partial charge in [-0.05, 0) is 24.3 Å². The molecule has 1 aliphatic rings. The number of rotatable bonds is 1. The summed E-state index contributed by atoms with van der Waals surface area (Å²) in [6.45, 7) is 2.35. The van der Waals surface area contributed by atoms with Crippen LogP contribution in [0.1, 0.15) is 5.56 Å². The van der Waals surface area contributed by atoms with Gasteiger partial charge in [0.1, 0.15) is 6.61 Å². The lowest BCUT2D eigenvalue weighted by Gasteiger charge is -2.08. The van der Waals surface area contributed by atoms with E-state index >= 15 is 0 Å². The fourth-order valence-electron chi connectivity index (χ4n) is 2.55. The molecule has 0 saturated heterocycles. The Bertz CT molecular complexity index is 763. The van der Waals surface area contributed by atoms with Crippen LogP contribution in [0.15, 0.2) is 42.6 Å². The van der Waals surface area contributed by atoms with Crippen molar-refractivity contribution in [2.24, 2.45) is 0 Å². The summed E-state index contributed by atoms with van der Waals surface area (Å²) in [4.78, 5) is 7.87. The van der Waals surface area contributed by atoms with Crippen LogP contribution in [0, 0.1) is 0 Å². The Labute approximate surface area is 116 Å². The van der Waals surface area contributed by atoms with E-state index in [0.717, 1.165) is 41.3 Å². The van der Waals surface area contributed by atoms with Crippen molar-refractivity contribution in [2.75, 3.05) is 13.2 Å². The van der Waals surface area contributed by atoms with Gasteiger partial charge in [-0.15, -0.1) is 0 Å². The summed E-state index contributed by atoms with van der Waals surface area (Å²) in [5.41, 5.74) is 4.33. The van der Waals surface area contributed by atoms with E-state index in [4.69, 9.17) is 4.74 Å². The molecule has 0 atom stereocenters. The van der Waals surface area contributed by atoms with Crippen LogP contribution in [0.2, 0.25) is 0 Å². The van der Waals surface area contributed by atoms with E-state index in [-0.39, 0.29) is 0 Å². The van der Waals surface area contributed by atoms with E-state index in [1.807, 2.05) is 6.20 Å². The van der Waals surface area contributed by atoms with Crippen molar-refractivity contribution in [3.63, 3.8) is 0 Å². The minimum Gasteiger partial charge on any atom is -0.476 e. The van der Waals surface area contributed by atoms with Crippen LogP contribution in [0.25, 0.3) is 22.2 Å². The Morgan fingerprint density at radius 1 is 1.10 bits per heavy atom. The fraction of sp³-hybridized carbons (Fsp3) is 0.188. The molecule has 4 rings (SSSR count). The van der Waals surface area contributed by atoms with Gasteiger partial charge in [0.2, 0.25) is 5.88 Å². The molecule has 0 bridgehead atoms. The number of nitrogens with zero attached hydrogens (tertiary/aromatic N) is 1. The average Bonchev–Trinajstić information content (AvgIpc) is 2.83. The first-order chi connectivity index (χ1) is 9.90. The largest absolute Gasteiger partial charge is 0.476 e. The van der Waals surface area contributed by atoms with Crippen LogP contribution in [-0.2, 0) is 6.54 Å². The number of aromatic amines is 1. The Morgan fingerprint density at radius 2 is 2.10 bits per heavy atom. The van der Waals surface area contributed by atoms with Crippen LogP contribution in [0.3, 0.4) is 0 Å². The van der Waals surface area contributed by atoms with E-state index < -0.39 is 0 Å². The normalized spacial score (nSPS) is 14.6. The molecule has 0 saturated carbocycles. The number of fused-ring (bicyclic) bond motifs is 2. The molecule has 20 heavy (non-hydrogen) atoms. The van der Waals surface area contributed by atoms with Gasteiger partial charge in [0.15, 0.2) is 0 Å². The highest BCUT2D eigenvalue weighted by Gasteiger charge is 2.11. The Balaban J connectivity index is 1.79. The van der Waals surface area contributed by atoms with Gasteiger partial charge in [-0.1, -0.05) is 12.1 Å². The van der Waals surface area contributed by atoms with Gasteiger partial charge >= 0.3 is 0 Å². The monoisotopic (exact) mass is 265 g/mol. The second kappa shape index (κ2) is 4.65. The first-order valence-corrected chi connectivity index (χ1v) is 6.81. The van der Waals surface area contributed by atoms with Crippen molar-refractivity contribution in [3.05, 3.63) is 48.2 Å². The molecule has 3 aromatic rings. The number of H-pyrrole nitrogens is 1. The Morgan fingerprint density at radius 3 is 3.10 bits per heavy atom. The zero-order valence-electron chi connectivity index (χ0n) is 11.0. The van der Waals surface area contributed by atoms with E-state index in [1.165, 1.54) is 5.39 Å². The zero-order valence-corrected chi connectivity index (χ0v) is 11.0. The van der Waals surface area contributed by atoms with E-state index in [9.17, 15) is 0 Å². The highest BCUT2D eigenvalue weighted by atomic mass is 16.5. The summed E-state index contributed by atoms with van der Waals surface area (Å²) < 4.78 is 5.70. The van der Waals surface area contributed by atoms with Crippen molar-refractivity contribution in [2.45, 2.75) is 6.54 Å². The molecular formula is C16H15N3O. The summed E-state index contributed by atoms with van der Waals surface area (Å²) in [7, 11) is 0. The predicted octanol–water partition coefficient (Wildman–Crippen LogP) is 2.71. The molecule has 1 aromatic carbocycles. The molecule has 2 aromatic heterocycles. The molecule has 2 N–H and O–H groups in total. The predicted molar refractivity (Wildman–Crippen MR) is 78.7 cm³/mol. The molecule has 100 valence electrons. The maximum Gasteiger partial charge on any atom is 0.218 e. The molecule has 0 spiro atoms. The van der Waals surface area contributed by atoms with E-state index in [0.29, 0.717) is 6.61 Å². The highest BCUT2D eigenvalue weighted by Crippen LogP contribution is 2.26. The van der Waals surface area contributed by atoms with Crippen molar-refractivity contribution in [1.29, 1.82) is 0 Å². The van der Waals surface area contributed by atoms with E-state index in [2.05, 4.69) is 51.7 Å². The minimum absolute atomic E-state index is 0.667. The van der Waals surface area contributed by atoms with Gasteiger partial charge in [0, 0.05) is 41.3 Å². The fourth-order valence-corrected chi connectivity index (χ4v) is 2.55. The smallest absolute Gasteiger partial charge is 0.218 e. The summed E-state index contributed by atoms with van der Waals surface area (Å²) in [6, 6.07) is 12.5. The van der Waals surface area contributed by atoms with Crippen LogP contribution < -0.4 is 10.1 Å². The standard InChI is InChI=1S/C16H15N3O/c1-3-14-12(5-6-18-14)9-11(1)15-4-2-13-10-17-7-8-20-16(13)19-15/h1-6,9,17-18H,7-8,10H2. The first-order valence-electron chi connectivity index (χ1n) is 6.81. The van der Waals surface area contributed by atoms with E-state index in [1.54, 1.807) is 0 Å². The average molecular weight is 265 g/mol. The van der Waals surface area contributed by atoms with Gasteiger partial charge in [0.25, 0.3) is 0 Å². The third-order valence-corrected chi connectivity index (χ3v) is 3.62. The second-order valence-electron chi connectivity index (χ2n) is 4.97. The lowest BCUT2D eigenvalue weighted by atomic mass is 10.1. The van der Waals surface area contributed by atoms with Crippen molar-refractivity contribution in [1.82, 2.24) is 15.3 Å². The van der Waals surface area contributed by atoms with Crippen LogP contribution in [-0.4, -0.2) is 23.1 Å². The van der Waals surface area contributed by atoms with Gasteiger partial charge < -0.3 is 15.0 Å². The summed E-state index contributed by atoms with van der Waals surface area (Å²) in [5.74, 6) is 0.752. The van der Waals surface area contributed by atoms with Crippen LogP contribution >= 0.6 is 0 Å². The molecule has 3 heterocycles. The third-order valence-electron chi connectivity index (χ3n) is 3.62. The summed E-state index contributed by atoms with van der Waals surface area (Å²) in [5, 5.41) is 4.51. The topological polar surface area (TPSA) is 49.9 Å². The van der Waals surface area contributed by atoms with Crippen molar-refractivity contribution >= 4 is 10.9 Å². The molecule has 0 unspecified atom stereocenters. The summed E-state index contributed by atoms with van der Waals surface area (Å²) in [6.07, 6.45) is 1.95. The number of pyridine rings is 1. The highest BCUT2D eigenvalue weighted by molar-refractivity contribution is 5.84. The van der Waals surface area contributed by atoms with Gasteiger partial charge in [-0.2, -0.15) is 0 Å². The number of hydrogen-bond donors (Lipinski definition) is 2. The van der Waals surface area contributed by atoms with Gasteiger partial charge in [0.05, 0.1) is 5.69 Å². The number of aromatic nitrogens is 2. The maximum atomic E-state index is 5.70. The molecule has 0 radical (unpaired) electrons.